The van der Waals surface area contributed by atoms with Crippen LogP contribution in [0.4, 0.5) is 0 Å². The van der Waals surface area contributed by atoms with Crippen molar-refractivity contribution < 1.29 is 4.79 Å². The SMILES string of the molecule is C/C(=N/NC(=O)CSc1nnc(-c2ccc(Cl)cc2)n1-c1ccc(C)cc1)c1ccc2ccccc2c1. The molecule has 0 radical (unpaired) electrons. The Labute approximate surface area is 224 Å². The number of hydrazone groups is 1. The van der Waals surface area contributed by atoms with Crippen LogP contribution in [0.1, 0.15) is 18.1 Å². The maximum atomic E-state index is 12.7. The van der Waals surface area contributed by atoms with Gasteiger partial charge in [-0.3, -0.25) is 9.36 Å². The molecule has 4 aromatic carbocycles. The van der Waals surface area contributed by atoms with E-state index >= 15 is 0 Å². The average Bonchev–Trinajstić information content (AvgIpc) is 3.35. The lowest BCUT2D eigenvalue weighted by Gasteiger charge is -2.11. The van der Waals surface area contributed by atoms with Crippen molar-refractivity contribution in [2.24, 2.45) is 5.10 Å². The molecule has 0 saturated heterocycles. The second-order valence-electron chi connectivity index (χ2n) is 8.57. The van der Waals surface area contributed by atoms with Crippen LogP contribution in [-0.4, -0.2) is 32.1 Å². The van der Waals surface area contributed by atoms with Gasteiger partial charge in [0, 0.05) is 16.3 Å². The number of aryl methyl sites for hydroxylation is 1. The highest BCUT2D eigenvalue weighted by molar-refractivity contribution is 7.99. The van der Waals surface area contributed by atoms with E-state index in [9.17, 15) is 4.79 Å². The van der Waals surface area contributed by atoms with Gasteiger partial charge in [0.2, 0.25) is 0 Å². The standard InChI is InChI=1S/C29H24ClN5OS/c1-19-7-15-26(16-8-19)35-28(22-11-13-25(30)14-12-22)33-34-29(35)37-18-27(36)32-31-20(2)23-10-9-21-5-3-4-6-24(21)17-23/h3-17H,18H2,1-2H3,(H,32,36)/b31-20-. The molecule has 1 heterocycles. The number of benzene rings is 4. The van der Waals surface area contributed by atoms with Gasteiger partial charge < -0.3 is 0 Å². The predicted molar refractivity (Wildman–Crippen MR) is 152 cm³/mol. The van der Waals surface area contributed by atoms with Gasteiger partial charge in [0.15, 0.2) is 11.0 Å². The highest BCUT2D eigenvalue weighted by Gasteiger charge is 2.17. The van der Waals surface area contributed by atoms with E-state index in [1.165, 1.54) is 11.8 Å². The Morgan fingerprint density at radius 2 is 1.68 bits per heavy atom. The van der Waals surface area contributed by atoms with Crippen LogP contribution in [-0.2, 0) is 4.79 Å². The van der Waals surface area contributed by atoms with Gasteiger partial charge in [0.25, 0.3) is 5.91 Å². The van der Waals surface area contributed by atoms with Crippen molar-refractivity contribution in [2.45, 2.75) is 19.0 Å². The molecule has 1 N–H and O–H groups in total. The van der Waals surface area contributed by atoms with Crippen LogP contribution in [0, 0.1) is 6.92 Å². The number of carbonyl (C=O) groups excluding carboxylic acids is 1. The quantitative estimate of drug-likeness (QED) is 0.146. The molecule has 0 saturated carbocycles. The Balaban J connectivity index is 1.33. The lowest BCUT2D eigenvalue weighted by Crippen LogP contribution is -2.21. The highest BCUT2D eigenvalue weighted by atomic mass is 35.5. The molecule has 0 unspecified atom stereocenters. The van der Waals surface area contributed by atoms with Crippen molar-refractivity contribution in [3.8, 4) is 17.1 Å². The maximum Gasteiger partial charge on any atom is 0.250 e. The number of aromatic nitrogens is 3. The molecule has 0 aliphatic rings. The first-order chi connectivity index (χ1) is 18.0. The minimum atomic E-state index is -0.225. The summed E-state index contributed by atoms with van der Waals surface area (Å²) >= 11 is 7.38. The minimum Gasteiger partial charge on any atom is -0.272 e. The highest BCUT2D eigenvalue weighted by Crippen LogP contribution is 2.29. The molecule has 0 spiro atoms. The second-order valence-corrected chi connectivity index (χ2v) is 9.95. The molecule has 6 nitrogen and oxygen atoms in total. The minimum absolute atomic E-state index is 0.138. The van der Waals surface area contributed by atoms with Gasteiger partial charge in [-0.1, -0.05) is 77.5 Å². The molecule has 8 heteroatoms. The molecular weight excluding hydrogens is 502 g/mol. The van der Waals surface area contributed by atoms with E-state index in [-0.39, 0.29) is 11.7 Å². The molecule has 184 valence electrons. The summed E-state index contributed by atoms with van der Waals surface area (Å²) in [4.78, 5) is 12.7. The summed E-state index contributed by atoms with van der Waals surface area (Å²) < 4.78 is 1.95. The first-order valence-electron chi connectivity index (χ1n) is 11.7. The summed E-state index contributed by atoms with van der Waals surface area (Å²) in [7, 11) is 0. The number of hydrogen-bond acceptors (Lipinski definition) is 5. The van der Waals surface area contributed by atoms with E-state index in [0.29, 0.717) is 16.0 Å². The summed E-state index contributed by atoms with van der Waals surface area (Å²) in [6.45, 7) is 3.92. The van der Waals surface area contributed by atoms with Gasteiger partial charge in [-0.05, 0) is 72.6 Å². The average molecular weight is 526 g/mol. The van der Waals surface area contributed by atoms with Gasteiger partial charge in [-0.15, -0.1) is 10.2 Å². The van der Waals surface area contributed by atoms with E-state index < -0.39 is 0 Å². The second kappa shape index (κ2) is 11.0. The first-order valence-corrected chi connectivity index (χ1v) is 13.1. The van der Waals surface area contributed by atoms with Gasteiger partial charge in [-0.25, -0.2) is 5.43 Å². The topological polar surface area (TPSA) is 72.2 Å². The molecule has 0 aliphatic carbocycles. The van der Waals surface area contributed by atoms with Crippen LogP contribution in [0.15, 0.2) is 101 Å². The molecular formula is C29H24ClN5OS. The summed E-state index contributed by atoms with van der Waals surface area (Å²) in [5.74, 6) is 0.587. The van der Waals surface area contributed by atoms with Crippen LogP contribution in [0.25, 0.3) is 27.8 Å². The zero-order valence-electron chi connectivity index (χ0n) is 20.4. The van der Waals surface area contributed by atoms with Crippen molar-refractivity contribution in [2.75, 3.05) is 5.75 Å². The maximum absolute atomic E-state index is 12.7. The van der Waals surface area contributed by atoms with E-state index in [2.05, 4.69) is 45.0 Å². The van der Waals surface area contributed by atoms with Crippen molar-refractivity contribution in [1.29, 1.82) is 0 Å². The zero-order chi connectivity index (χ0) is 25.8. The van der Waals surface area contributed by atoms with Gasteiger partial charge in [0.05, 0.1) is 11.5 Å². The van der Waals surface area contributed by atoms with Crippen LogP contribution in [0.2, 0.25) is 5.02 Å². The largest absolute Gasteiger partial charge is 0.272 e. The molecule has 1 amide bonds. The summed E-state index contributed by atoms with van der Waals surface area (Å²) in [6.07, 6.45) is 0. The van der Waals surface area contributed by atoms with E-state index in [4.69, 9.17) is 11.6 Å². The number of nitrogens with one attached hydrogen (secondary N) is 1. The number of halogens is 1. The fourth-order valence-corrected chi connectivity index (χ4v) is 4.73. The molecule has 0 fully saturated rings. The van der Waals surface area contributed by atoms with E-state index in [1.807, 2.05) is 85.1 Å². The number of rotatable bonds is 7. The van der Waals surface area contributed by atoms with E-state index in [0.717, 1.165) is 38.9 Å². The predicted octanol–water partition coefficient (Wildman–Crippen LogP) is 6.68. The Kier molecular flexibility index (Phi) is 7.35. The van der Waals surface area contributed by atoms with Crippen LogP contribution >= 0.6 is 23.4 Å². The molecule has 5 rings (SSSR count). The molecule has 0 bridgehead atoms. The molecule has 0 atom stereocenters. The molecule has 0 aliphatic heterocycles. The fourth-order valence-electron chi connectivity index (χ4n) is 3.86. The third kappa shape index (κ3) is 5.74. The van der Waals surface area contributed by atoms with Gasteiger partial charge in [0.1, 0.15) is 0 Å². The molecule has 37 heavy (non-hydrogen) atoms. The number of nitrogens with zero attached hydrogens (tertiary/aromatic N) is 4. The summed E-state index contributed by atoms with van der Waals surface area (Å²) in [6, 6.07) is 29.8. The van der Waals surface area contributed by atoms with Crippen molar-refractivity contribution in [3.63, 3.8) is 0 Å². The number of carbonyl (C=O) groups is 1. The lowest BCUT2D eigenvalue weighted by atomic mass is 10.0. The van der Waals surface area contributed by atoms with Crippen LogP contribution in [0.5, 0.6) is 0 Å². The number of thioether (sulfide) groups is 1. The Hall–Kier alpha value is -3.94. The third-order valence-corrected chi connectivity index (χ3v) is 7.06. The Morgan fingerprint density at radius 3 is 2.43 bits per heavy atom. The smallest absolute Gasteiger partial charge is 0.250 e. The van der Waals surface area contributed by atoms with Crippen LogP contribution in [0.3, 0.4) is 0 Å². The Bertz CT molecular complexity index is 1590. The fraction of sp³-hybridized carbons (Fsp3) is 0.103. The normalized spacial score (nSPS) is 11.6. The van der Waals surface area contributed by atoms with Crippen molar-refractivity contribution in [3.05, 3.63) is 107 Å². The van der Waals surface area contributed by atoms with Crippen molar-refractivity contribution in [1.82, 2.24) is 20.2 Å². The molecule has 5 aromatic rings. The zero-order valence-corrected chi connectivity index (χ0v) is 21.9. The third-order valence-electron chi connectivity index (χ3n) is 5.88. The number of fused-ring (bicyclic) bond motifs is 1. The summed E-state index contributed by atoms with van der Waals surface area (Å²) in [5, 5.41) is 16.7. The first kappa shape index (κ1) is 24.7. The van der Waals surface area contributed by atoms with Crippen LogP contribution < -0.4 is 5.43 Å². The van der Waals surface area contributed by atoms with Crippen molar-refractivity contribution >= 4 is 45.8 Å². The summed E-state index contributed by atoms with van der Waals surface area (Å²) in [5.41, 5.74) is 7.30. The van der Waals surface area contributed by atoms with E-state index in [1.54, 1.807) is 0 Å². The lowest BCUT2D eigenvalue weighted by molar-refractivity contribution is -0.118. The van der Waals surface area contributed by atoms with Gasteiger partial charge in [-0.2, -0.15) is 5.10 Å². The number of amides is 1. The number of hydrogen-bond donors (Lipinski definition) is 1. The Morgan fingerprint density at radius 1 is 0.946 bits per heavy atom. The monoisotopic (exact) mass is 525 g/mol. The molecule has 1 aromatic heterocycles. The van der Waals surface area contributed by atoms with Gasteiger partial charge >= 0.3 is 0 Å².